The van der Waals surface area contributed by atoms with Crippen LogP contribution in [0.3, 0.4) is 0 Å². The van der Waals surface area contributed by atoms with Crippen molar-refractivity contribution < 1.29 is 0 Å². The molecule has 0 aromatic carbocycles. The molecule has 3 heteroatoms. The van der Waals surface area contributed by atoms with Crippen LogP contribution >= 0.6 is 0 Å². The molecule has 0 radical (unpaired) electrons. The predicted molar refractivity (Wildman–Crippen MR) is 41.2 cm³/mol. The lowest BCUT2D eigenvalue weighted by molar-refractivity contribution is 0.345. The Balaban J connectivity index is 2.26. The van der Waals surface area contributed by atoms with Crippen molar-refractivity contribution in [3.63, 3.8) is 0 Å². The topological polar surface area (TPSA) is 28.0 Å². The first kappa shape index (κ1) is 5.65. The van der Waals surface area contributed by atoms with Crippen LogP contribution in [0.4, 0.5) is 0 Å². The number of hydrogen-bond donors (Lipinski definition) is 0. The van der Waals surface area contributed by atoms with Gasteiger partial charge in [0.1, 0.15) is 12.5 Å². The standard InChI is InChI=1S/C7H9N3/c1-10-3-2-6-4-8-5-9-7(6)10/h2-7H,1H3. The third-order valence-electron chi connectivity index (χ3n) is 1.85. The van der Waals surface area contributed by atoms with Crippen molar-refractivity contribution in [3.05, 3.63) is 12.3 Å². The summed E-state index contributed by atoms with van der Waals surface area (Å²) in [5, 5.41) is 0. The number of aliphatic imine (C=N–C) groups is 2. The van der Waals surface area contributed by atoms with Gasteiger partial charge < -0.3 is 4.90 Å². The normalized spacial score (nSPS) is 35.1. The van der Waals surface area contributed by atoms with Crippen LogP contribution in [0.1, 0.15) is 0 Å². The summed E-state index contributed by atoms with van der Waals surface area (Å²) in [5.41, 5.74) is 0. The van der Waals surface area contributed by atoms with Crippen molar-refractivity contribution in [2.24, 2.45) is 15.9 Å². The second-order valence-corrected chi connectivity index (χ2v) is 2.56. The largest absolute Gasteiger partial charge is 0.359 e. The molecule has 0 aromatic heterocycles. The Morgan fingerprint density at radius 2 is 2.40 bits per heavy atom. The lowest BCUT2D eigenvalue weighted by atomic mass is 10.1. The summed E-state index contributed by atoms with van der Waals surface area (Å²) < 4.78 is 0. The molecular weight excluding hydrogens is 126 g/mol. The molecule has 0 amide bonds. The highest BCUT2D eigenvalue weighted by Gasteiger charge is 2.25. The Hall–Kier alpha value is -1.12. The molecule has 2 heterocycles. The Bertz CT molecular complexity index is 217. The van der Waals surface area contributed by atoms with Crippen molar-refractivity contribution in [1.82, 2.24) is 4.90 Å². The highest BCUT2D eigenvalue weighted by molar-refractivity contribution is 5.78. The van der Waals surface area contributed by atoms with Gasteiger partial charge in [-0.1, -0.05) is 6.08 Å². The van der Waals surface area contributed by atoms with E-state index in [2.05, 4.69) is 21.0 Å². The second kappa shape index (κ2) is 1.94. The van der Waals surface area contributed by atoms with Gasteiger partial charge in [0.2, 0.25) is 0 Å². The van der Waals surface area contributed by atoms with Crippen LogP contribution < -0.4 is 0 Å². The van der Waals surface area contributed by atoms with Crippen LogP contribution in [0.25, 0.3) is 0 Å². The van der Waals surface area contributed by atoms with E-state index < -0.39 is 0 Å². The van der Waals surface area contributed by atoms with Gasteiger partial charge in [0.15, 0.2) is 0 Å². The highest BCUT2D eigenvalue weighted by Crippen LogP contribution is 2.20. The minimum atomic E-state index is 0.275. The Labute approximate surface area is 59.8 Å². The highest BCUT2D eigenvalue weighted by atomic mass is 15.2. The molecule has 0 saturated carbocycles. The van der Waals surface area contributed by atoms with Gasteiger partial charge in [-0.25, -0.2) is 9.98 Å². The maximum absolute atomic E-state index is 4.21. The summed E-state index contributed by atoms with van der Waals surface area (Å²) in [5.74, 6) is 0.398. The Kier molecular flexibility index (Phi) is 1.09. The van der Waals surface area contributed by atoms with Gasteiger partial charge in [-0.05, 0) is 6.20 Å². The summed E-state index contributed by atoms with van der Waals surface area (Å²) in [7, 11) is 2.03. The molecule has 0 N–H and O–H groups in total. The van der Waals surface area contributed by atoms with Crippen molar-refractivity contribution >= 4 is 12.6 Å². The molecule has 3 nitrogen and oxygen atoms in total. The average molecular weight is 135 g/mol. The van der Waals surface area contributed by atoms with Gasteiger partial charge in [-0.2, -0.15) is 0 Å². The molecule has 2 unspecified atom stereocenters. The molecular formula is C7H9N3. The van der Waals surface area contributed by atoms with E-state index >= 15 is 0 Å². The number of rotatable bonds is 0. The van der Waals surface area contributed by atoms with E-state index in [0.717, 1.165) is 0 Å². The van der Waals surface area contributed by atoms with E-state index in [9.17, 15) is 0 Å². The van der Waals surface area contributed by atoms with E-state index in [0.29, 0.717) is 5.92 Å². The van der Waals surface area contributed by atoms with Crippen molar-refractivity contribution in [2.45, 2.75) is 6.17 Å². The van der Waals surface area contributed by atoms with Gasteiger partial charge in [-0.15, -0.1) is 0 Å². The minimum Gasteiger partial charge on any atom is -0.359 e. The van der Waals surface area contributed by atoms with Gasteiger partial charge >= 0.3 is 0 Å². The molecule has 0 aromatic rings. The summed E-state index contributed by atoms with van der Waals surface area (Å²) >= 11 is 0. The maximum atomic E-state index is 4.21. The zero-order valence-electron chi connectivity index (χ0n) is 5.81. The van der Waals surface area contributed by atoms with Crippen molar-refractivity contribution in [1.29, 1.82) is 0 Å². The molecule has 0 saturated heterocycles. The SMILES string of the molecule is CN1C=CC2C=NC=NC21. The van der Waals surface area contributed by atoms with E-state index in [1.807, 2.05) is 19.5 Å². The third-order valence-corrected chi connectivity index (χ3v) is 1.85. The van der Waals surface area contributed by atoms with Crippen LogP contribution in [0, 0.1) is 5.92 Å². The first-order valence-electron chi connectivity index (χ1n) is 3.33. The van der Waals surface area contributed by atoms with Gasteiger partial charge in [-0.3, -0.25) is 0 Å². The zero-order valence-corrected chi connectivity index (χ0v) is 5.81. The number of nitrogens with zero attached hydrogens (tertiary/aromatic N) is 3. The first-order chi connectivity index (χ1) is 4.88. The number of hydrogen-bond acceptors (Lipinski definition) is 3. The quantitative estimate of drug-likeness (QED) is 0.475. The molecule has 0 bridgehead atoms. The molecule has 0 fully saturated rings. The van der Waals surface area contributed by atoms with Gasteiger partial charge in [0.05, 0.1) is 5.92 Å². The van der Waals surface area contributed by atoms with E-state index in [-0.39, 0.29) is 6.17 Å². The molecule has 2 rings (SSSR count). The van der Waals surface area contributed by atoms with Gasteiger partial charge in [0, 0.05) is 13.3 Å². The smallest absolute Gasteiger partial charge is 0.133 e. The summed E-state index contributed by atoms with van der Waals surface area (Å²) in [6.07, 6.45) is 7.98. The zero-order chi connectivity index (χ0) is 6.97. The molecule has 2 aliphatic heterocycles. The first-order valence-corrected chi connectivity index (χ1v) is 3.33. The Morgan fingerprint density at radius 3 is 3.20 bits per heavy atom. The summed E-state index contributed by atoms with van der Waals surface area (Å²) in [6, 6.07) is 0. The summed E-state index contributed by atoms with van der Waals surface area (Å²) in [4.78, 5) is 10.3. The fourth-order valence-electron chi connectivity index (χ4n) is 1.27. The van der Waals surface area contributed by atoms with Crippen LogP contribution in [0.5, 0.6) is 0 Å². The van der Waals surface area contributed by atoms with Crippen LogP contribution in [-0.2, 0) is 0 Å². The molecule has 2 aliphatic rings. The molecule has 0 aliphatic carbocycles. The summed E-state index contributed by atoms with van der Waals surface area (Å²) in [6.45, 7) is 0. The van der Waals surface area contributed by atoms with E-state index in [4.69, 9.17) is 0 Å². The fraction of sp³-hybridized carbons (Fsp3) is 0.429. The van der Waals surface area contributed by atoms with Gasteiger partial charge in [0.25, 0.3) is 0 Å². The average Bonchev–Trinajstić information content (AvgIpc) is 2.34. The second-order valence-electron chi connectivity index (χ2n) is 2.56. The fourth-order valence-corrected chi connectivity index (χ4v) is 1.27. The van der Waals surface area contributed by atoms with Crippen molar-refractivity contribution in [3.8, 4) is 0 Å². The maximum Gasteiger partial charge on any atom is 0.133 e. The molecule has 0 spiro atoms. The predicted octanol–water partition coefficient (Wildman–Crippen LogP) is 0.500. The molecule has 52 valence electrons. The monoisotopic (exact) mass is 135 g/mol. The minimum absolute atomic E-state index is 0.275. The third kappa shape index (κ3) is 0.667. The van der Waals surface area contributed by atoms with Crippen LogP contribution in [-0.4, -0.2) is 30.7 Å². The lowest BCUT2D eigenvalue weighted by Crippen LogP contribution is -2.29. The van der Waals surface area contributed by atoms with E-state index in [1.165, 1.54) is 0 Å². The van der Waals surface area contributed by atoms with E-state index in [1.54, 1.807) is 6.34 Å². The van der Waals surface area contributed by atoms with Crippen LogP contribution in [0.2, 0.25) is 0 Å². The van der Waals surface area contributed by atoms with Crippen LogP contribution in [0.15, 0.2) is 22.3 Å². The van der Waals surface area contributed by atoms with Crippen molar-refractivity contribution in [2.75, 3.05) is 7.05 Å². The number of fused-ring (bicyclic) bond motifs is 1. The molecule has 10 heavy (non-hydrogen) atoms. The Morgan fingerprint density at radius 1 is 1.50 bits per heavy atom. The lowest BCUT2D eigenvalue weighted by Gasteiger charge is -2.21. The molecule has 2 atom stereocenters.